The van der Waals surface area contributed by atoms with Crippen molar-refractivity contribution in [2.75, 3.05) is 36.9 Å². The van der Waals surface area contributed by atoms with Crippen molar-refractivity contribution < 1.29 is 9.47 Å². The molecule has 0 aliphatic carbocycles. The first kappa shape index (κ1) is 25.9. The summed E-state index contributed by atoms with van der Waals surface area (Å²) in [5.74, 6) is 1.89. The second-order valence-electron chi connectivity index (χ2n) is 8.43. The Bertz CT molecular complexity index is 703. The highest BCUT2D eigenvalue weighted by Gasteiger charge is 1.99. The highest BCUT2D eigenvalue weighted by atomic mass is 16.5. The fourth-order valence-corrected chi connectivity index (χ4v) is 3.57. The molecule has 0 unspecified atom stereocenters. The van der Waals surface area contributed by atoms with E-state index in [1.807, 2.05) is 24.3 Å². The zero-order valence-corrected chi connectivity index (χ0v) is 20.3. The SMILES string of the molecule is CCCCCCCOc1ccc(NCCNc2cccc(OCCCCCCC)c2)cc1. The molecule has 178 valence electrons. The average molecular weight is 441 g/mol. The lowest BCUT2D eigenvalue weighted by atomic mass is 10.2. The molecule has 0 saturated carbocycles. The van der Waals surface area contributed by atoms with Crippen LogP contribution in [0.15, 0.2) is 48.5 Å². The van der Waals surface area contributed by atoms with E-state index in [-0.39, 0.29) is 0 Å². The van der Waals surface area contributed by atoms with Gasteiger partial charge in [-0.3, -0.25) is 0 Å². The maximum Gasteiger partial charge on any atom is 0.121 e. The Hall–Kier alpha value is -2.36. The van der Waals surface area contributed by atoms with Gasteiger partial charge in [0.1, 0.15) is 11.5 Å². The van der Waals surface area contributed by atoms with Gasteiger partial charge in [-0.15, -0.1) is 0 Å². The average Bonchev–Trinajstić information content (AvgIpc) is 2.82. The van der Waals surface area contributed by atoms with E-state index in [1.165, 1.54) is 51.4 Å². The number of nitrogens with one attached hydrogen (secondary N) is 2. The number of ether oxygens (including phenoxy) is 2. The molecule has 2 N–H and O–H groups in total. The predicted molar refractivity (Wildman–Crippen MR) is 138 cm³/mol. The molecule has 0 saturated heterocycles. The van der Waals surface area contributed by atoms with Gasteiger partial charge in [-0.2, -0.15) is 0 Å². The van der Waals surface area contributed by atoms with E-state index in [9.17, 15) is 0 Å². The molecule has 0 fully saturated rings. The third-order valence-corrected chi connectivity index (χ3v) is 5.50. The molecule has 0 heterocycles. The van der Waals surface area contributed by atoms with Gasteiger partial charge in [0, 0.05) is 30.5 Å². The number of anilines is 2. The van der Waals surface area contributed by atoms with E-state index in [4.69, 9.17) is 9.47 Å². The van der Waals surface area contributed by atoms with Crippen molar-refractivity contribution in [2.45, 2.75) is 78.1 Å². The van der Waals surface area contributed by atoms with Crippen molar-refractivity contribution in [1.82, 2.24) is 0 Å². The molecule has 2 aromatic rings. The molecule has 0 bridgehead atoms. The lowest BCUT2D eigenvalue weighted by molar-refractivity contribution is 0.304. The van der Waals surface area contributed by atoms with Gasteiger partial charge in [0.15, 0.2) is 0 Å². The minimum Gasteiger partial charge on any atom is -0.494 e. The second-order valence-corrected chi connectivity index (χ2v) is 8.43. The van der Waals surface area contributed by atoms with Crippen molar-refractivity contribution in [3.8, 4) is 11.5 Å². The van der Waals surface area contributed by atoms with Gasteiger partial charge in [-0.05, 0) is 49.2 Å². The van der Waals surface area contributed by atoms with E-state index < -0.39 is 0 Å². The number of unbranched alkanes of at least 4 members (excludes halogenated alkanes) is 8. The van der Waals surface area contributed by atoms with Gasteiger partial charge < -0.3 is 20.1 Å². The molecule has 0 aromatic heterocycles. The Kier molecular flexibility index (Phi) is 13.9. The minimum absolute atomic E-state index is 0.799. The molecule has 0 spiro atoms. The number of rotatable bonds is 19. The molecule has 0 aliphatic rings. The fraction of sp³-hybridized carbons (Fsp3) is 0.571. The quantitative estimate of drug-likeness (QED) is 0.218. The van der Waals surface area contributed by atoms with Gasteiger partial charge >= 0.3 is 0 Å². The van der Waals surface area contributed by atoms with E-state index in [2.05, 4.69) is 48.7 Å². The van der Waals surface area contributed by atoms with Crippen LogP contribution < -0.4 is 20.1 Å². The topological polar surface area (TPSA) is 42.5 Å². The van der Waals surface area contributed by atoms with Gasteiger partial charge in [-0.1, -0.05) is 71.3 Å². The Morgan fingerprint density at radius 1 is 0.562 bits per heavy atom. The van der Waals surface area contributed by atoms with Crippen molar-refractivity contribution in [2.24, 2.45) is 0 Å². The number of hydrogen-bond acceptors (Lipinski definition) is 4. The number of benzene rings is 2. The Morgan fingerprint density at radius 2 is 1.12 bits per heavy atom. The molecule has 0 amide bonds. The van der Waals surface area contributed by atoms with E-state index in [0.717, 1.165) is 62.0 Å². The largest absolute Gasteiger partial charge is 0.494 e. The third kappa shape index (κ3) is 11.9. The lowest BCUT2D eigenvalue weighted by Crippen LogP contribution is -2.13. The fourth-order valence-electron chi connectivity index (χ4n) is 3.57. The maximum atomic E-state index is 5.90. The standard InChI is InChI=1S/C28H44N2O2/c1-3-5-7-9-11-22-31-27-18-16-25(17-19-27)29-20-21-30-26-14-13-15-28(24-26)32-23-12-10-8-6-4-2/h13-19,24,29-30H,3-12,20-23H2,1-2H3. The van der Waals surface area contributed by atoms with Crippen LogP contribution in [0.4, 0.5) is 11.4 Å². The summed E-state index contributed by atoms with van der Waals surface area (Å²) in [4.78, 5) is 0. The van der Waals surface area contributed by atoms with Gasteiger partial charge in [0.2, 0.25) is 0 Å². The highest BCUT2D eigenvalue weighted by molar-refractivity contribution is 5.49. The third-order valence-electron chi connectivity index (χ3n) is 5.50. The van der Waals surface area contributed by atoms with Crippen LogP contribution in [0, 0.1) is 0 Å². The van der Waals surface area contributed by atoms with E-state index in [1.54, 1.807) is 0 Å². The minimum atomic E-state index is 0.799. The summed E-state index contributed by atoms with van der Waals surface area (Å²) in [6.45, 7) is 7.78. The smallest absolute Gasteiger partial charge is 0.121 e. The summed E-state index contributed by atoms with van der Waals surface area (Å²) in [6, 6.07) is 16.5. The molecular weight excluding hydrogens is 396 g/mol. The summed E-state index contributed by atoms with van der Waals surface area (Å²) in [7, 11) is 0. The molecule has 4 heteroatoms. The first-order valence-corrected chi connectivity index (χ1v) is 12.7. The van der Waals surface area contributed by atoms with Crippen LogP contribution in [0.1, 0.15) is 78.1 Å². The molecule has 4 nitrogen and oxygen atoms in total. The maximum absolute atomic E-state index is 5.90. The summed E-state index contributed by atoms with van der Waals surface area (Å²) in [6.07, 6.45) is 12.6. The van der Waals surface area contributed by atoms with Crippen LogP contribution in [0.3, 0.4) is 0 Å². The second kappa shape index (κ2) is 17.2. The molecule has 0 atom stereocenters. The zero-order valence-electron chi connectivity index (χ0n) is 20.3. The van der Waals surface area contributed by atoms with Gasteiger partial charge in [0.25, 0.3) is 0 Å². The summed E-state index contributed by atoms with van der Waals surface area (Å²) in [5.41, 5.74) is 2.21. The zero-order chi connectivity index (χ0) is 22.7. The van der Waals surface area contributed by atoms with Crippen molar-refractivity contribution in [3.05, 3.63) is 48.5 Å². The molecule has 32 heavy (non-hydrogen) atoms. The van der Waals surface area contributed by atoms with Crippen LogP contribution in [0.5, 0.6) is 11.5 Å². The van der Waals surface area contributed by atoms with Crippen LogP contribution in [-0.4, -0.2) is 26.3 Å². The Labute approximate surface area is 196 Å². The van der Waals surface area contributed by atoms with Gasteiger partial charge in [0.05, 0.1) is 13.2 Å². The van der Waals surface area contributed by atoms with Crippen LogP contribution in [0.2, 0.25) is 0 Å². The van der Waals surface area contributed by atoms with Crippen molar-refractivity contribution in [3.63, 3.8) is 0 Å². The molecular formula is C28H44N2O2. The molecule has 0 aliphatic heterocycles. The first-order chi connectivity index (χ1) is 15.8. The predicted octanol–water partition coefficient (Wildman–Crippen LogP) is 7.91. The lowest BCUT2D eigenvalue weighted by Gasteiger charge is -2.12. The number of hydrogen-bond donors (Lipinski definition) is 2. The van der Waals surface area contributed by atoms with Crippen LogP contribution in [-0.2, 0) is 0 Å². The molecule has 2 rings (SSSR count). The molecule has 2 aromatic carbocycles. The monoisotopic (exact) mass is 440 g/mol. The van der Waals surface area contributed by atoms with E-state index in [0.29, 0.717) is 0 Å². The van der Waals surface area contributed by atoms with Gasteiger partial charge in [-0.25, -0.2) is 0 Å². The first-order valence-electron chi connectivity index (χ1n) is 12.7. The van der Waals surface area contributed by atoms with Crippen molar-refractivity contribution in [1.29, 1.82) is 0 Å². The normalized spacial score (nSPS) is 10.7. The van der Waals surface area contributed by atoms with Crippen molar-refractivity contribution >= 4 is 11.4 Å². The van der Waals surface area contributed by atoms with E-state index >= 15 is 0 Å². The van der Waals surface area contributed by atoms with Crippen LogP contribution in [0.25, 0.3) is 0 Å². The van der Waals surface area contributed by atoms with Crippen LogP contribution >= 0.6 is 0 Å². The summed E-state index contributed by atoms with van der Waals surface area (Å²) >= 11 is 0. The highest BCUT2D eigenvalue weighted by Crippen LogP contribution is 2.18. The Morgan fingerprint density at radius 3 is 1.75 bits per heavy atom. The Balaban J connectivity index is 1.58. The molecule has 0 radical (unpaired) electrons. The summed E-state index contributed by atoms with van der Waals surface area (Å²) in [5, 5.41) is 6.92. The summed E-state index contributed by atoms with van der Waals surface area (Å²) < 4.78 is 11.7.